The Kier molecular flexibility index (Phi) is 7.84. The van der Waals surface area contributed by atoms with Gasteiger partial charge in [-0.1, -0.05) is 31.5 Å². The molecule has 0 saturated carbocycles. The summed E-state index contributed by atoms with van der Waals surface area (Å²) in [7, 11) is 3.77. The maximum Gasteiger partial charge on any atom is 0.157 e. The molecule has 0 atom stereocenters. The molecule has 0 bridgehead atoms. The first-order valence-electron chi connectivity index (χ1n) is 6.26. The highest BCUT2D eigenvalue weighted by molar-refractivity contribution is 6.36. The summed E-state index contributed by atoms with van der Waals surface area (Å²) in [6.45, 7) is 7.50. The van der Waals surface area contributed by atoms with Crippen molar-refractivity contribution < 1.29 is 4.79 Å². The highest BCUT2D eigenvalue weighted by Gasteiger charge is 2.12. The van der Waals surface area contributed by atoms with Gasteiger partial charge in [0, 0.05) is 14.1 Å². The fourth-order valence-corrected chi connectivity index (χ4v) is 1.98. The molecule has 0 aliphatic carbocycles. The number of hydrogen-bond donors (Lipinski definition) is 1. The number of carbonyl (C=O) groups excluding carboxylic acids is 1. The van der Waals surface area contributed by atoms with Gasteiger partial charge in [0.2, 0.25) is 0 Å². The molecule has 5 heteroatoms. The summed E-state index contributed by atoms with van der Waals surface area (Å²) in [5.41, 5.74) is 2.27. The SMILES string of the molecule is CC.CC=O.CNc1nn(C)c2c(C)ccc(Cl)c12. The number of aryl methyl sites for hydroxylation is 2. The minimum absolute atomic E-state index is 0.739. The molecule has 1 heterocycles. The van der Waals surface area contributed by atoms with E-state index in [4.69, 9.17) is 16.4 Å². The fraction of sp³-hybridized carbons (Fsp3) is 0.429. The third-order valence-corrected chi connectivity index (χ3v) is 2.69. The normalized spacial score (nSPS) is 9.00. The highest BCUT2D eigenvalue weighted by atomic mass is 35.5. The number of carbonyl (C=O) groups is 1. The first-order valence-corrected chi connectivity index (χ1v) is 6.64. The molecule has 0 saturated heterocycles. The van der Waals surface area contributed by atoms with E-state index in [1.54, 1.807) is 0 Å². The molecule has 0 radical (unpaired) electrons. The number of fused-ring (bicyclic) bond motifs is 1. The molecule has 106 valence electrons. The van der Waals surface area contributed by atoms with Gasteiger partial charge in [-0.3, -0.25) is 4.68 Å². The Hall–Kier alpha value is -1.55. The Labute approximate surface area is 119 Å². The first-order chi connectivity index (χ1) is 9.06. The van der Waals surface area contributed by atoms with E-state index in [1.807, 2.05) is 44.8 Å². The zero-order valence-electron chi connectivity index (χ0n) is 12.4. The Morgan fingerprint density at radius 1 is 1.37 bits per heavy atom. The minimum Gasteiger partial charge on any atom is -0.371 e. The van der Waals surface area contributed by atoms with Crippen LogP contribution in [-0.4, -0.2) is 23.1 Å². The van der Waals surface area contributed by atoms with E-state index in [-0.39, 0.29) is 0 Å². The second-order valence-corrected chi connectivity index (χ2v) is 3.95. The number of hydrogen-bond acceptors (Lipinski definition) is 3. The van der Waals surface area contributed by atoms with Crippen molar-refractivity contribution in [2.45, 2.75) is 27.7 Å². The van der Waals surface area contributed by atoms with Crippen molar-refractivity contribution in [3.63, 3.8) is 0 Å². The number of nitrogens with one attached hydrogen (secondary N) is 1. The summed E-state index contributed by atoms with van der Waals surface area (Å²) in [5, 5.41) is 9.13. The lowest BCUT2D eigenvalue weighted by atomic mass is 10.1. The Balaban J connectivity index is 0.000000573. The van der Waals surface area contributed by atoms with Crippen molar-refractivity contribution in [1.82, 2.24) is 9.78 Å². The quantitative estimate of drug-likeness (QED) is 0.810. The zero-order chi connectivity index (χ0) is 15.0. The second-order valence-electron chi connectivity index (χ2n) is 3.55. The molecule has 0 fully saturated rings. The molecule has 1 aromatic heterocycles. The van der Waals surface area contributed by atoms with Crippen LogP contribution in [0.5, 0.6) is 0 Å². The Morgan fingerprint density at radius 3 is 2.37 bits per heavy atom. The van der Waals surface area contributed by atoms with Gasteiger partial charge >= 0.3 is 0 Å². The first kappa shape index (κ1) is 17.4. The number of benzene rings is 1. The molecule has 19 heavy (non-hydrogen) atoms. The smallest absolute Gasteiger partial charge is 0.157 e. The van der Waals surface area contributed by atoms with Crippen LogP contribution < -0.4 is 5.32 Å². The lowest BCUT2D eigenvalue weighted by Crippen LogP contribution is -1.93. The summed E-state index contributed by atoms with van der Waals surface area (Å²) >= 11 is 6.13. The van der Waals surface area contributed by atoms with Gasteiger partial charge in [-0.05, 0) is 25.5 Å². The number of halogens is 1. The van der Waals surface area contributed by atoms with Crippen LogP contribution in [0.15, 0.2) is 12.1 Å². The molecule has 4 nitrogen and oxygen atoms in total. The standard InChI is InChI=1S/C10H12ClN3.C2H4O.C2H6/c1-6-4-5-7(11)8-9(6)14(3)13-10(8)12-2;1-2-3;1-2/h4-5H,1-3H3,(H,12,13);2H,1H3;1-2H3. The highest BCUT2D eigenvalue weighted by Crippen LogP contribution is 2.31. The molecule has 0 unspecified atom stereocenters. The van der Waals surface area contributed by atoms with Crippen molar-refractivity contribution in [3.05, 3.63) is 22.7 Å². The van der Waals surface area contributed by atoms with Crippen LogP contribution in [0.25, 0.3) is 10.9 Å². The second kappa shape index (κ2) is 8.53. The fourth-order valence-electron chi connectivity index (χ4n) is 1.74. The van der Waals surface area contributed by atoms with Crippen LogP contribution in [-0.2, 0) is 11.8 Å². The topological polar surface area (TPSA) is 46.9 Å². The van der Waals surface area contributed by atoms with Crippen molar-refractivity contribution in [2.75, 3.05) is 12.4 Å². The van der Waals surface area contributed by atoms with Gasteiger partial charge in [-0.25, -0.2) is 0 Å². The summed E-state index contributed by atoms with van der Waals surface area (Å²) in [4.78, 5) is 8.81. The van der Waals surface area contributed by atoms with E-state index >= 15 is 0 Å². The summed E-state index contributed by atoms with van der Waals surface area (Å²) < 4.78 is 1.85. The molecule has 0 spiro atoms. The molecular formula is C14H22ClN3O. The van der Waals surface area contributed by atoms with Gasteiger partial charge in [0.1, 0.15) is 6.29 Å². The van der Waals surface area contributed by atoms with Gasteiger partial charge in [-0.2, -0.15) is 5.10 Å². The van der Waals surface area contributed by atoms with E-state index < -0.39 is 0 Å². The lowest BCUT2D eigenvalue weighted by molar-refractivity contribution is -0.106. The van der Waals surface area contributed by atoms with E-state index in [0.717, 1.165) is 28.0 Å². The van der Waals surface area contributed by atoms with Gasteiger partial charge < -0.3 is 10.1 Å². The average molecular weight is 284 g/mol. The van der Waals surface area contributed by atoms with Crippen LogP contribution in [0.3, 0.4) is 0 Å². The average Bonchev–Trinajstić information content (AvgIpc) is 2.76. The molecule has 2 aromatic rings. The van der Waals surface area contributed by atoms with Crippen molar-refractivity contribution in [1.29, 1.82) is 0 Å². The number of aromatic nitrogens is 2. The van der Waals surface area contributed by atoms with Crippen LogP contribution in [0, 0.1) is 6.92 Å². The largest absolute Gasteiger partial charge is 0.371 e. The molecule has 1 N–H and O–H groups in total. The molecule has 0 aliphatic rings. The monoisotopic (exact) mass is 283 g/mol. The van der Waals surface area contributed by atoms with Crippen LogP contribution in [0.2, 0.25) is 5.02 Å². The third kappa shape index (κ3) is 3.96. The number of rotatable bonds is 1. The summed E-state index contributed by atoms with van der Waals surface area (Å²) in [5.74, 6) is 0.830. The predicted molar refractivity (Wildman–Crippen MR) is 83.1 cm³/mol. The molecule has 0 amide bonds. The van der Waals surface area contributed by atoms with Gasteiger partial charge in [0.15, 0.2) is 5.82 Å². The zero-order valence-corrected chi connectivity index (χ0v) is 13.2. The molecule has 2 rings (SSSR count). The molecule has 0 aliphatic heterocycles. The van der Waals surface area contributed by atoms with E-state index in [1.165, 1.54) is 12.5 Å². The van der Waals surface area contributed by atoms with Crippen molar-refractivity contribution >= 4 is 34.6 Å². The Morgan fingerprint density at radius 2 is 1.89 bits per heavy atom. The molecule has 1 aromatic carbocycles. The van der Waals surface area contributed by atoms with E-state index in [0.29, 0.717) is 0 Å². The Bertz CT molecular complexity index is 535. The number of anilines is 1. The van der Waals surface area contributed by atoms with Crippen LogP contribution in [0.1, 0.15) is 26.3 Å². The van der Waals surface area contributed by atoms with Gasteiger partial charge in [0.25, 0.3) is 0 Å². The minimum atomic E-state index is 0.739. The van der Waals surface area contributed by atoms with Gasteiger partial charge in [0.05, 0.1) is 15.9 Å². The predicted octanol–water partition coefficient (Wildman–Crippen LogP) is 3.81. The van der Waals surface area contributed by atoms with Crippen molar-refractivity contribution in [3.8, 4) is 0 Å². The maximum absolute atomic E-state index is 8.81. The molecular weight excluding hydrogens is 262 g/mol. The van der Waals surface area contributed by atoms with Crippen LogP contribution >= 0.6 is 11.6 Å². The number of nitrogens with zero attached hydrogens (tertiary/aromatic N) is 2. The van der Waals surface area contributed by atoms with Crippen LogP contribution in [0.4, 0.5) is 5.82 Å². The van der Waals surface area contributed by atoms with Gasteiger partial charge in [-0.15, -0.1) is 0 Å². The lowest BCUT2D eigenvalue weighted by Gasteiger charge is -2.00. The third-order valence-electron chi connectivity index (χ3n) is 2.38. The number of aldehydes is 1. The van der Waals surface area contributed by atoms with E-state index in [2.05, 4.69) is 17.3 Å². The van der Waals surface area contributed by atoms with Crippen molar-refractivity contribution in [2.24, 2.45) is 7.05 Å². The maximum atomic E-state index is 8.81. The summed E-state index contributed by atoms with van der Waals surface area (Å²) in [6, 6.07) is 3.91. The summed E-state index contributed by atoms with van der Waals surface area (Å²) in [6.07, 6.45) is 0.750. The van der Waals surface area contributed by atoms with E-state index in [9.17, 15) is 0 Å².